The third kappa shape index (κ3) is 3.92. The quantitative estimate of drug-likeness (QED) is 0.822. The fourth-order valence-electron chi connectivity index (χ4n) is 4.53. The van der Waals surface area contributed by atoms with Gasteiger partial charge in [0.2, 0.25) is 5.91 Å². The Morgan fingerprint density at radius 2 is 1.64 bits per heavy atom. The van der Waals surface area contributed by atoms with Gasteiger partial charge in [-0.1, -0.05) is 18.2 Å². The number of anilines is 1. The number of fused-ring (bicyclic) bond motifs is 3. The van der Waals surface area contributed by atoms with Crippen molar-refractivity contribution in [1.29, 1.82) is 0 Å². The zero-order chi connectivity index (χ0) is 19.9. The SMILES string of the molecule is NC1C2CCC1Cc1cc(NC(=O)Cc3ccc(C(F)(F)F)cc3)ccc1C2. The minimum Gasteiger partial charge on any atom is -0.327 e. The zero-order valence-corrected chi connectivity index (χ0v) is 15.4. The molecule has 0 saturated heterocycles. The third-order valence-corrected chi connectivity index (χ3v) is 6.10. The van der Waals surface area contributed by atoms with Crippen LogP contribution >= 0.6 is 0 Å². The van der Waals surface area contributed by atoms with Gasteiger partial charge in [-0.05, 0) is 78.5 Å². The molecule has 3 unspecified atom stereocenters. The molecule has 4 rings (SSSR count). The van der Waals surface area contributed by atoms with Crippen LogP contribution in [0, 0.1) is 11.8 Å². The first-order valence-corrected chi connectivity index (χ1v) is 9.63. The van der Waals surface area contributed by atoms with Crippen molar-refractivity contribution in [2.75, 3.05) is 5.32 Å². The number of nitrogens with two attached hydrogens (primary N) is 1. The number of carbonyl (C=O) groups is 1. The van der Waals surface area contributed by atoms with Gasteiger partial charge in [-0.2, -0.15) is 13.2 Å². The molecule has 3 N–H and O–H groups in total. The van der Waals surface area contributed by atoms with Crippen LogP contribution in [0.3, 0.4) is 0 Å². The molecule has 6 heteroatoms. The molecule has 2 aromatic rings. The van der Waals surface area contributed by atoms with E-state index >= 15 is 0 Å². The number of rotatable bonds is 3. The van der Waals surface area contributed by atoms with E-state index in [-0.39, 0.29) is 18.4 Å². The average Bonchev–Trinajstić information content (AvgIpc) is 2.88. The molecule has 1 saturated carbocycles. The van der Waals surface area contributed by atoms with E-state index in [2.05, 4.69) is 11.4 Å². The number of amides is 1. The van der Waals surface area contributed by atoms with E-state index in [4.69, 9.17) is 5.73 Å². The smallest absolute Gasteiger partial charge is 0.327 e. The largest absolute Gasteiger partial charge is 0.416 e. The molecule has 1 amide bonds. The Morgan fingerprint density at radius 3 is 2.29 bits per heavy atom. The summed E-state index contributed by atoms with van der Waals surface area (Å²) in [7, 11) is 0. The standard InChI is InChI=1S/C22H23F3N2O/c23-22(24,25)18-6-1-13(2-7-18)9-20(28)27-19-8-5-14-10-15-3-4-16(21(15)26)11-17(14)12-19/h1-2,5-8,12,15-16,21H,3-4,9-11,26H2,(H,27,28). The van der Waals surface area contributed by atoms with Gasteiger partial charge in [0.25, 0.3) is 0 Å². The summed E-state index contributed by atoms with van der Waals surface area (Å²) in [5, 5.41) is 2.87. The highest BCUT2D eigenvalue weighted by molar-refractivity contribution is 5.92. The van der Waals surface area contributed by atoms with Gasteiger partial charge in [-0.15, -0.1) is 0 Å². The van der Waals surface area contributed by atoms with Gasteiger partial charge in [0.15, 0.2) is 0 Å². The fourth-order valence-corrected chi connectivity index (χ4v) is 4.53. The molecule has 2 aliphatic carbocycles. The first kappa shape index (κ1) is 19.0. The molecule has 0 aromatic heterocycles. The van der Waals surface area contributed by atoms with Gasteiger partial charge < -0.3 is 11.1 Å². The van der Waals surface area contributed by atoms with E-state index in [1.807, 2.05) is 12.1 Å². The van der Waals surface area contributed by atoms with Crippen LogP contribution in [0.4, 0.5) is 18.9 Å². The van der Waals surface area contributed by atoms with Crippen LogP contribution in [0.15, 0.2) is 42.5 Å². The van der Waals surface area contributed by atoms with Gasteiger partial charge >= 0.3 is 6.18 Å². The Morgan fingerprint density at radius 1 is 1.00 bits per heavy atom. The minimum atomic E-state index is -4.37. The molecule has 28 heavy (non-hydrogen) atoms. The van der Waals surface area contributed by atoms with Crippen LogP contribution in [-0.2, 0) is 30.2 Å². The summed E-state index contributed by atoms with van der Waals surface area (Å²) in [4.78, 5) is 12.3. The lowest BCUT2D eigenvalue weighted by Crippen LogP contribution is -2.31. The van der Waals surface area contributed by atoms with Gasteiger partial charge in [0, 0.05) is 11.7 Å². The van der Waals surface area contributed by atoms with Crippen molar-refractivity contribution < 1.29 is 18.0 Å². The van der Waals surface area contributed by atoms with E-state index in [1.54, 1.807) is 0 Å². The molecule has 148 valence electrons. The highest BCUT2D eigenvalue weighted by atomic mass is 19.4. The molecule has 2 bridgehead atoms. The van der Waals surface area contributed by atoms with Gasteiger partial charge in [0.1, 0.15) is 0 Å². The highest BCUT2D eigenvalue weighted by Gasteiger charge is 2.36. The van der Waals surface area contributed by atoms with Crippen molar-refractivity contribution in [3.8, 4) is 0 Å². The Labute approximate surface area is 162 Å². The predicted octanol–water partition coefficient (Wildman–Crippen LogP) is 4.34. The molecule has 3 nitrogen and oxygen atoms in total. The number of hydrogen-bond acceptors (Lipinski definition) is 2. The summed E-state index contributed by atoms with van der Waals surface area (Å²) in [6.07, 6.45) is -0.0511. The first-order valence-electron chi connectivity index (χ1n) is 9.63. The Kier molecular flexibility index (Phi) is 4.91. The number of halogens is 3. The van der Waals surface area contributed by atoms with E-state index in [9.17, 15) is 18.0 Å². The summed E-state index contributed by atoms with van der Waals surface area (Å²) < 4.78 is 37.9. The van der Waals surface area contributed by atoms with Gasteiger partial charge in [-0.3, -0.25) is 4.79 Å². The van der Waals surface area contributed by atoms with Crippen molar-refractivity contribution in [2.45, 2.75) is 44.3 Å². The van der Waals surface area contributed by atoms with Crippen molar-refractivity contribution >= 4 is 11.6 Å². The second kappa shape index (κ2) is 7.24. The summed E-state index contributed by atoms with van der Waals surface area (Å²) >= 11 is 0. The molecule has 0 radical (unpaired) electrons. The number of benzene rings is 2. The zero-order valence-electron chi connectivity index (χ0n) is 15.4. The fraction of sp³-hybridized carbons (Fsp3) is 0.409. The summed E-state index contributed by atoms with van der Waals surface area (Å²) in [5.41, 5.74) is 9.48. The first-order chi connectivity index (χ1) is 13.3. The monoisotopic (exact) mass is 388 g/mol. The van der Waals surface area contributed by atoms with E-state index in [0.29, 0.717) is 17.4 Å². The summed E-state index contributed by atoms with van der Waals surface area (Å²) in [6, 6.07) is 10.9. The number of alkyl halides is 3. The molecule has 2 aliphatic rings. The minimum absolute atomic E-state index is 0.0325. The summed E-state index contributed by atoms with van der Waals surface area (Å²) in [5.74, 6) is 0.808. The molecule has 1 fully saturated rings. The molecular formula is C22H23F3N2O. The normalized spacial score (nSPS) is 23.8. The van der Waals surface area contributed by atoms with E-state index in [0.717, 1.165) is 37.1 Å². The van der Waals surface area contributed by atoms with Crippen LogP contribution < -0.4 is 11.1 Å². The van der Waals surface area contributed by atoms with Crippen LogP contribution in [0.5, 0.6) is 0 Å². The van der Waals surface area contributed by atoms with E-state index < -0.39 is 11.7 Å². The Hall–Kier alpha value is -2.34. The Balaban J connectivity index is 1.42. The highest BCUT2D eigenvalue weighted by Crippen LogP contribution is 2.39. The van der Waals surface area contributed by atoms with Crippen LogP contribution in [-0.4, -0.2) is 11.9 Å². The van der Waals surface area contributed by atoms with Crippen molar-refractivity contribution in [1.82, 2.24) is 0 Å². The number of carbonyl (C=O) groups excluding carboxylic acids is 1. The van der Waals surface area contributed by atoms with Crippen molar-refractivity contribution in [3.05, 3.63) is 64.7 Å². The molecule has 0 spiro atoms. The molecule has 3 atom stereocenters. The maximum absolute atomic E-state index is 12.6. The van der Waals surface area contributed by atoms with Gasteiger partial charge in [-0.25, -0.2) is 0 Å². The van der Waals surface area contributed by atoms with Crippen molar-refractivity contribution in [3.63, 3.8) is 0 Å². The van der Waals surface area contributed by atoms with Gasteiger partial charge in [0.05, 0.1) is 12.0 Å². The number of nitrogens with one attached hydrogen (secondary N) is 1. The van der Waals surface area contributed by atoms with Crippen LogP contribution in [0.2, 0.25) is 0 Å². The molecular weight excluding hydrogens is 365 g/mol. The lowest BCUT2D eigenvalue weighted by Gasteiger charge is -2.15. The third-order valence-electron chi connectivity index (χ3n) is 6.10. The Bertz CT molecular complexity index is 876. The topological polar surface area (TPSA) is 55.1 Å². The van der Waals surface area contributed by atoms with Crippen LogP contribution in [0.1, 0.15) is 35.1 Å². The molecule has 2 aromatic carbocycles. The second-order valence-electron chi connectivity index (χ2n) is 7.99. The predicted molar refractivity (Wildman–Crippen MR) is 102 cm³/mol. The number of hydrogen-bond donors (Lipinski definition) is 2. The van der Waals surface area contributed by atoms with E-state index in [1.165, 1.54) is 29.7 Å². The lowest BCUT2D eigenvalue weighted by molar-refractivity contribution is -0.137. The van der Waals surface area contributed by atoms with Crippen molar-refractivity contribution in [2.24, 2.45) is 17.6 Å². The second-order valence-corrected chi connectivity index (χ2v) is 7.99. The maximum Gasteiger partial charge on any atom is 0.416 e. The lowest BCUT2D eigenvalue weighted by atomic mass is 9.93. The molecule has 0 heterocycles. The van der Waals surface area contributed by atoms with Crippen LogP contribution in [0.25, 0.3) is 0 Å². The molecule has 0 aliphatic heterocycles. The maximum atomic E-state index is 12.6. The average molecular weight is 388 g/mol. The summed E-state index contributed by atoms with van der Waals surface area (Å²) in [6.45, 7) is 0.